The predicted octanol–water partition coefficient (Wildman–Crippen LogP) is 0.683. The molecule has 0 unspecified atom stereocenters. The highest BCUT2D eigenvalue weighted by atomic mass is 16.6. The Labute approximate surface area is 363 Å². The molecule has 8 N–H and O–H groups in total. The van der Waals surface area contributed by atoms with Gasteiger partial charge in [0.05, 0.1) is 58.8 Å². The highest BCUT2D eigenvalue weighted by Crippen LogP contribution is 2.14. The molecule has 0 radical (unpaired) electrons. The fraction of sp³-hybridized carbons (Fsp3) is 0.659. The smallest absolute Gasteiger partial charge is 0.312 e. The molecule has 0 saturated heterocycles. The lowest BCUT2D eigenvalue weighted by Crippen LogP contribution is -2.58. The summed E-state index contributed by atoms with van der Waals surface area (Å²) in [6, 6.07) is 2.14. The number of carboxylic acid groups (broad SMARTS) is 1. The average Bonchev–Trinajstić information content (AvgIpc) is 3.21. The van der Waals surface area contributed by atoms with Gasteiger partial charge in [0.1, 0.15) is 24.7 Å². The number of hydrogen-bond acceptors (Lipinski definition) is 13. The molecule has 3 atom stereocenters. The lowest BCUT2D eigenvalue weighted by atomic mass is 10.0. The molecule has 21 nitrogen and oxygen atoms in total. The number of aliphatic carboxylic acids is 1. The van der Waals surface area contributed by atoms with Crippen molar-refractivity contribution in [2.75, 3.05) is 78.3 Å². The van der Waals surface area contributed by atoms with E-state index in [0.717, 1.165) is 0 Å². The highest BCUT2D eigenvalue weighted by molar-refractivity contribution is 5.99. The van der Waals surface area contributed by atoms with E-state index in [-0.39, 0.29) is 76.4 Å². The molecule has 0 fully saturated rings. The Balaban J connectivity index is 2.73. The van der Waals surface area contributed by atoms with E-state index in [9.17, 15) is 43.5 Å². The number of nitrogens with one attached hydrogen (secondary N) is 5. The second-order valence-electron chi connectivity index (χ2n) is 14.9. The van der Waals surface area contributed by atoms with Gasteiger partial charge in [0.15, 0.2) is 0 Å². The molecule has 350 valence electrons. The number of anilines is 1. The number of urea groups is 1. The molecule has 0 aliphatic heterocycles. The van der Waals surface area contributed by atoms with Crippen LogP contribution < -0.4 is 32.3 Å². The monoisotopic (exact) mass is 881 g/mol. The molecule has 21 heteroatoms. The molecule has 0 bridgehead atoms. The second kappa shape index (κ2) is 31.5. The zero-order valence-corrected chi connectivity index (χ0v) is 36.8. The van der Waals surface area contributed by atoms with Crippen LogP contribution in [0.15, 0.2) is 24.3 Å². The third kappa shape index (κ3) is 25.4. The summed E-state index contributed by atoms with van der Waals surface area (Å²) < 4.78 is 27.0. The molecular formula is C41H67N7O14. The van der Waals surface area contributed by atoms with Crippen LogP contribution in [-0.2, 0) is 63.9 Å². The number of carbonyl (C=O) groups excluding carboxylic acids is 7. The Bertz CT molecular complexity index is 1560. The molecule has 1 rings (SSSR count). The summed E-state index contributed by atoms with van der Waals surface area (Å²) in [6.07, 6.45) is -0.552. The number of benzene rings is 1. The van der Waals surface area contributed by atoms with Crippen LogP contribution in [0.3, 0.4) is 0 Å². The number of hydrogen-bond donors (Lipinski definition) is 7. The molecule has 0 aliphatic rings. The van der Waals surface area contributed by atoms with Gasteiger partial charge < -0.3 is 66.0 Å². The van der Waals surface area contributed by atoms with E-state index in [2.05, 4.69) is 26.6 Å². The maximum absolute atomic E-state index is 13.7. The van der Waals surface area contributed by atoms with Crippen molar-refractivity contribution in [2.24, 2.45) is 17.6 Å². The van der Waals surface area contributed by atoms with Crippen LogP contribution in [0.2, 0.25) is 0 Å². The summed E-state index contributed by atoms with van der Waals surface area (Å²) in [5.74, 6) is -5.09. The summed E-state index contributed by atoms with van der Waals surface area (Å²) in [4.78, 5) is 101. The van der Waals surface area contributed by atoms with Gasteiger partial charge in [0.2, 0.25) is 29.5 Å². The molecule has 7 amide bonds. The zero-order valence-electron chi connectivity index (χ0n) is 36.8. The largest absolute Gasteiger partial charge is 0.481 e. The van der Waals surface area contributed by atoms with Crippen LogP contribution in [-0.4, -0.2) is 149 Å². The van der Waals surface area contributed by atoms with Gasteiger partial charge in [0.25, 0.3) is 0 Å². The molecule has 0 aromatic heterocycles. The van der Waals surface area contributed by atoms with Crippen molar-refractivity contribution in [1.29, 1.82) is 0 Å². The highest BCUT2D eigenvalue weighted by Gasteiger charge is 2.31. The number of nitrogens with two attached hydrogens (primary N) is 1. The van der Waals surface area contributed by atoms with Gasteiger partial charge in [-0.25, -0.2) is 4.79 Å². The van der Waals surface area contributed by atoms with Crippen molar-refractivity contribution < 1.29 is 67.1 Å². The standard InChI is InChI=1S/C41H67N7O14/c1-27(2)36(39(55)46-32(8-7-16-43-41(42)57)37(53)44-31-11-9-30(10-12-31)26-62-40(56)28(3)4)47-38(54)33(13-14-35(51)52)45-34(50)15-18-58-20-22-60-24-25-61-23-21-59-19-17-48(6)29(5)49/h9-12,27-28,32-33,36H,7-8,13-26H2,1-6H3,(H,44,53)(H,45,50)(H,46,55)(H,47,54)(H,51,52)(H3,42,43,57)/t32-,33-,36-/m0/s1. The normalized spacial score (nSPS) is 12.5. The van der Waals surface area contributed by atoms with E-state index in [1.165, 1.54) is 6.92 Å². The number of ether oxygens (including phenoxy) is 5. The molecule has 1 aromatic rings. The first-order valence-corrected chi connectivity index (χ1v) is 20.7. The van der Waals surface area contributed by atoms with E-state index in [1.807, 2.05) is 0 Å². The first kappa shape index (κ1) is 54.6. The third-order valence-corrected chi connectivity index (χ3v) is 8.92. The average molecular weight is 882 g/mol. The van der Waals surface area contributed by atoms with Gasteiger partial charge in [-0.1, -0.05) is 39.8 Å². The molecule has 0 heterocycles. The molecule has 0 saturated carbocycles. The van der Waals surface area contributed by atoms with Crippen LogP contribution in [0.5, 0.6) is 0 Å². The number of likely N-dealkylation sites (N-methyl/N-ethyl adjacent to an activating group) is 1. The third-order valence-electron chi connectivity index (χ3n) is 8.92. The quantitative estimate of drug-likeness (QED) is 0.0378. The van der Waals surface area contributed by atoms with E-state index in [0.29, 0.717) is 50.8 Å². The summed E-state index contributed by atoms with van der Waals surface area (Å²) >= 11 is 0. The van der Waals surface area contributed by atoms with Crippen molar-refractivity contribution in [1.82, 2.24) is 26.2 Å². The second-order valence-corrected chi connectivity index (χ2v) is 14.9. The maximum atomic E-state index is 13.7. The van der Waals surface area contributed by atoms with E-state index in [1.54, 1.807) is 63.9 Å². The number of primary amides is 1. The lowest BCUT2D eigenvalue weighted by Gasteiger charge is -2.27. The maximum Gasteiger partial charge on any atom is 0.312 e. The first-order valence-electron chi connectivity index (χ1n) is 20.7. The van der Waals surface area contributed by atoms with Crippen molar-refractivity contribution in [3.63, 3.8) is 0 Å². The number of nitrogens with zero attached hydrogens (tertiary/aromatic N) is 1. The summed E-state index contributed by atoms with van der Waals surface area (Å²) in [7, 11) is 1.69. The summed E-state index contributed by atoms with van der Waals surface area (Å²) in [5, 5.41) is 22.3. The summed E-state index contributed by atoms with van der Waals surface area (Å²) in [6.45, 7) is 11.1. The molecule has 0 aliphatic carbocycles. The fourth-order valence-electron chi connectivity index (χ4n) is 5.16. The van der Waals surface area contributed by atoms with Crippen LogP contribution in [0.4, 0.5) is 10.5 Å². The molecular weight excluding hydrogens is 814 g/mol. The van der Waals surface area contributed by atoms with Crippen LogP contribution in [0, 0.1) is 11.8 Å². The van der Waals surface area contributed by atoms with Crippen molar-refractivity contribution in [3.8, 4) is 0 Å². The van der Waals surface area contributed by atoms with Crippen LogP contribution >= 0.6 is 0 Å². The number of esters is 1. The van der Waals surface area contributed by atoms with Gasteiger partial charge in [-0.05, 0) is 42.9 Å². The number of carbonyl (C=O) groups is 8. The molecule has 1 aromatic carbocycles. The van der Waals surface area contributed by atoms with Gasteiger partial charge in [0, 0.05) is 45.6 Å². The predicted molar refractivity (Wildman–Crippen MR) is 225 cm³/mol. The number of rotatable bonds is 33. The van der Waals surface area contributed by atoms with Crippen molar-refractivity contribution in [2.45, 2.75) is 91.5 Å². The minimum absolute atomic E-state index is 0.0115. The Kier molecular flexibility index (Phi) is 27.7. The van der Waals surface area contributed by atoms with Gasteiger partial charge in [-0.2, -0.15) is 0 Å². The minimum atomic E-state index is -1.31. The Morgan fingerprint density at radius 2 is 1.27 bits per heavy atom. The number of amides is 7. The molecule has 0 spiro atoms. The number of carboxylic acids is 1. The van der Waals surface area contributed by atoms with Gasteiger partial charge in [-0.3, -0.25) is 33.6 Å². The van der Waals surface area contributed by atoms with Crippen molar-refractivity contribution >= 4 is 53.2 Å². The SMILES string of the molecule is CC(=O)N(C)CCOCCOCCOCCOCCC(=O)N[C@@H](CCC(=O)O)C(=O)N[C@H](C(=O)N[C@@H](CCCNC(N)=O)C(=O)Nc1ccc(COC(=O)C(C)C)cc1)C(C)C. The zero-order chi connectivity index (χ0) is 46.5. The van der Waals surface area contributed by atoms with Gasteiger partial charge >= 0.3 is 18.0 Å². The fourth-order valence-corrected chi connectivity index (χ4v) is 5.16. The molecule has 62 heavy (non-hydrogen) atoms. The van der Waals surface area contributed by atoms with E-state index < -0.39 is 66.1 Å². The van der Waals surface area contributed by atoms with E-state index >= 15 is 0 Å². The van der Waals surface area contributed by atoms with Crippen LogP contribution in [0.1, 0.15) is 72.3 Å². The lowest BCUT2D eigenvalue weighted by molar-refractivity contribution is -0.148. The Morgan fingerprint density at radius 1 is 0.710 bits per heavy atom. The van der Waals surface area contributed by atoms with Gasteiger partial charge in [-0.15, -0.1) is 0 Å². The van der Waals surface area contributed by atoms with E-state index in [4.69, 9.17) is 29.4 Å². The first-order chi connectivity index (χ1) is 29.4. The summed E-state index contributed by atoms with van der Waals surface area (Å²) in [5.41, 5.74) is 6.24. The van der Waals surface area contributed by atoms with Crippen LogP contribution in [0.25, 0.3) is 0 Å². The Hall–Kier alpha value is -5.38. The topological polar surface area (TPSA) is 292 Å². The van der Waals surface area contributed by atoms with Crippen molar-refractivity contribution in [3.05, 3.63) is 29.8 Å². The minimum Gasteiger partial charge on any atom is -0.481 e. The Morgan fingerprint density at radius 3 is 1.81 bits per heavy atom.